The van der Waals surface area contributed by atoms with Crippen LogP contribution in [0.25, 0.3) is 11.1 Å². The van der Waals surface area contributed by atoms with Gasteiger partial charge >= 0.3 is 12.1 Å². The molecule has 1 aromatic heterocycles. The van der Waals surface area contributed by atoms with Crippen molar-refractivity contribution >= 4 is 51.2 Å². The number of aryl methyl sites for hydroxylation is 1. The number of nitrogens with one attached hydrogen (secondary N) is 1. The Kier molecular flexibility index (Phi) is 10.5. The summed E-state index contributed by atoms with van der Waals surface area (Å²) < 4.78 is 40.0. The van der Waals surface area contributed by atoms with Gasteiger partial charge < -0.3 is 14.6 Å². The van der Waals surface area contributed by atoms with Crippen LogP contribution in [-0.2, 0) is 24.1 Å². The molecule has 0 aliphatic carbocycles. The van der Waals surface area contributed by atoms with Gasteiger partial charge in [0.1, 0.15) is 5.60 Å². The molecule has 0 spiro atoms. The number of rotatable bonds is 11. The van der Waals surface area contributed by atoms with Crippen LogP contribution in [0.4, 0.5) is 4.79 Å². The molecule has 1 unspecified atom stereocenters. The maximum Gasteiger partial charge on any atom is 0.428 e. The van der Waals surface area contributed by atoms with E-state index in [1.54, 1.807) is 39.2 Å². The Bertz CT molecular complexity index is 1480. The smallest absolute Gasteiger partial charge is 0.428 e. The molecule has 0 aliphatic heterocycles. The van der Waals surface area contributed by atoms with Crippen molar-refractivity contribution in [2.45, 2.75) is 54.3 Å². The third-order valence-corrected chi connectivity index (χ3v) is 9.76. The number of ether oxygens (including phenoxy) is 2. The number of carboxylic acids is 1. The molecule has 0 aliphatic rings. The van der Waals surface area contributed by atoms with Gasteiger partial charge in [-0.05, 0) is 56.7 Å². The predicted molar refractivity (Wildman–Crippen MR) is 158 cm³/mol. The summed E-state index contributed by atoms with van der Waals surface area (Å²) in [6, 6.07) is 16.2. The van der Waals surface area contributed by atoms with Crippen molar-refractivity contribution in [1.82, 2.24) is 5.43 Å². The lowest BCUT2D eigenvalue weighted by Gasteiger charge is -2.23. The molecule has 40 heavy (non-hydrogen) atoms. The first-order chi connectivity index (χ1) is 18.8. The molecule has 0 radical (unpaired) electrons. The number of hydrogen-bond donors (Lipinski definition) is 2. The van der Waals surface area contributed by atoms with Crippen molar-refractivity contribution in [3.05, 3.63) is 70.6 Å². The van der Waals surface area contributed by atoms with Gasteiger partial charge in [-0.25, -0.2) is 18.6 Å². The van der Waals surface area contributed by atoms with Gasteiger partial charge in [0.25, 0.3) is 0 Å². The van der Waals surface area contributed by atoms with E-state index in [1.807, 2.05) is 43.3 Å². The van der Waals surface area contributed by atoms with Crippen molar-refractivity contribution in [3.63, 3.8) is 0 Å². The fourth-order valence-electron chi connectivity index (χ4n) is 3.83. The molecule has 9 nitrogen and oxygen atoms in total. The fourth-order valence-corrected chi connectivity index (χ4v) is 8.07. The van der Waals surface area contributed by atoms with Gasteiger partial charge in [0.05, 0.1) is 28.3 Å². The summed E-state index contributed by atoms with van der Waals surface area (Å²) in [6.45, 7) is 6.77. The number of nitrogens with zero attached hydrogens (tertiary/aromatic N) is 1. The van der Waals surface area contributed by atoms with Crippen LogP contribution in [0.2, 0.25) is 0 Å². The van der Waals surface area contributed by atoms with Crippen molar-refractivity contribution in [3.8, 4) is 11.1 Å². The molecule has 0 saturated carbocycles. The van der Waals surface area contributed by atoms with Gasteiger partial charge in [-0.15, -0.1) is 23.1 Å². The molecule has 2 N–H and O–H groups in total. The number of thioether (sulfide) groups is 1. The Morgan fingerprint density at radius 1 is 1.15 bits per heavy atom. The predicted octanol–water partition coefficient (Wildman–Crippen LogP) is 6.27. The lowest BCUT2D eigenvalue weighted by molar-refractivity contribution is -0.138. The minimum Gasteiger partial charge on any atom is -0.481 e. The molecule has 3 rings (SSSR count). The maximum absolute atomic E-state index is 14.2. The highest BCUT2D eigenvalue weighted by molar-refractivity contribution is 8.01. The van der Waals surface area contributed by atoms with Crippen molar-refractivity contribution in [2.75, 3.05) is 12.9 Å². The van der Waals surface area contributed by atoms with Crippen LogP contribution in [0.1, 0.15) is 48.6 Å². The van der Waals surface area contributed by atoms with Crippen LogP contribution in [0.15, 0.2) is 68.8 Å². The van der Waals surface area contributed by atoms with Crippen molar-refractivity contribution < 1.29 is 32.6 Å². The Labute approximate surface area is 242 Å². The number of hydrazone groups is 1. The van der Waals surface area contributed by atoms with Gasteiger partial charge in [-0.1, -0.05) is 48.5 Å². The largest absolute Gasteiger partial charge is 0.481 e. The van der Waals surface area contributed by atoms with E-state index in [2.05, 4.69) is 10.5 Å². The highest BCUT2D eigenvalue weighted by Gasteiger charge is 2.35. The second-order valence-electron chi connectivity index (χ2n) is 9.67. The van der Waals surface area contributed by atoms with E-state index >= 15 is 0 Å². The van der Waals surface area contributed by atoms with E-state index < -0.39 is 32.9 Å². The number of thiophene rings is 1. The van der Waals surface area contributed by atoms with E-state index in [0.29, 0.717) is 20.2 Å². The Hall–Kier alpha value is -3.19. The zero-order chi connectivity index (χ0) is 29.5. The topological polar surface area (TPSA) is 131 Å². The second-order valence-corrected chi connectivity index (χ2v) is 13.8. The Morgan fingerprint density at radius 2 is 1.85 bits per heavy atom. The quantitative estimate of drug-likeness (QED) is 0.149. The molecule has 1 heterocycles. The van der Waals surface area contributed by atoms with Crippen LogP contribution in [0, 0.1) is 6.92 Å². The first-order valence-electron chi connectivity index (χ1n) is 12.3. The lowest BCUT2D eigenvalue weighted by atomic mass is 9.95. The molecule has 214 valence electrons. The van der Waals surface area contributed by atoms with Gasteiger partial charge in [0.2, 0.25) is 9.84 Å². The molecule has 0 fully saturated rings. The average Bonchev–Trinajstić information content (AvgIpc) is 3.30. The summed E-state index contributed by atoms with van der Waals surface area (Å²) in [6.07, 6.45) is 2.01. The van der Waals surface area contributed by atoms with E-state index in [1.165, 1.54) is 35.4 Å². The standard InChI is InChI=1S/C28H32N2O7S3/c1-18-10-9-13-21(24(18)19-11-7-6-8-12-19)25(36-15-14-23(31)32)40(34,35)22-16-20(39-26(22)38-5)17-29-30-27(33)37-28(2,3)4/h6-13,16-17,25H,14-15H2,1-5H3,(H,30,33)(H,31,32). The molecular formula is C28H32N2O7S3. The summed E-state index contributed by atoms with van der Waals surface area (Å²) in [5, 5.41) is 13.1. The normalized spacial score (nSPS) is 12.8. The molecule has 1 amide bonds. The van der Waals surface area contributed by atoms with Crippen molar-refractivity contribution in [1.29, 1.82) is 0 Å². The van der Waals surface area contributed by atoms with Crippen LogP contribution in [-0.4, -0.2) is 50.3 Å². The van der Waals surface area contributed by atoms with E-state index in [9.17, 15) is 23.1 Å². The highest BCUT2D eigenvalue weighted by atomic mass is 32.2. The van der Waals surface area contributed by atoms with E-state index in [0.717, 1.165) is 11.1 Å². The number of aliphatic carboxylic acids is 1. The van der Waals surface area contributed by atoms with Crippen molar-refractivity contribution in [2.24, 2.45) is 5.10 Å². The van der Waals surface area contributed by atoms with Gasteiger partial charge in [-0.3, -0.25) is 4.79 Å². The molecule has 0 bridgehead atoms. The van der Waals surface area contributed by atoms with Gasteiger partial charge in [0.15, 0.2) is 5.44 Å². The lowest BCUT2D eigenvalue weighted by Crippen LogP contribution is -2.29. The fraction of sp³-hybridized carbons (Fsp3) is 0.321. The SMILES string of the molecule is CSc1sc(C=NNC(=O)OC(C)(C)C)cc1S(=O)(=O)C(OCCC(=O)O)c1cccc(C)c1-c1ccccc1. The minimum atomic E-state index is -4.19. The first-order valence-corrected chi connectivity index (χ1v) is 15.8. The highest BCUT2D eigenvalue weighted by Crippen LogP contribution is 2.42. The van der Waals surface area contributed by atoms with Crippen LogP contribution < -0.4 is 5.43 Å². The van der Waals surface area contributed by atoms with E-state index in [4.69, 9.17) is 9.47 Å². The van der Waals surface area contributed by atoms with Crippen LogP contribution in [0.3, 0.4) is 0 Å². The third kappa shape index (κ3) is 8.17. The molecule has 12 heteroatoms. The number of carbonyl (C=O) groups is 2. The zero-order valence-corrected chi connectivity index (χ0v) is 25.3. The summed E-state index contributed by atoms with van der Waals surface area (Å²) in [4.78, 5) is 23.6. The third-order valence-electron chi connectivity index (χ3n) is 5.41. The van der Waals surface area contributed by atoms with Gasteiger partial charge in [0, 0.05) is 10.4 Å². The number of carbonyl (C=O) groups excluding carboxylic acids is 1. The average molecular weight is 605 g/mol. The van der Waals surface area contributed by atoms with Crippen LogP contribution in [0.5, 0.6) is 0 Å². The second kappa shape index (κ2) is 13.4. The maximum atomic E-state index is 14.2. The monoisotopic (exact) mass is 604 g/mol. The molecule has 3 aromatic rings. The molecular weight excluding hydrogens is 573 g/mol. The number of amides is 1. The van der Waals surface area contributed by atoms with E-state index in [-0.39, 0.29) is 17.9 Å². The molecule has 2 aromatic carbocycles. The summed E-state index contributed by atoms with van der Waals surface area (Å²) in [5.74, 6) is -1.10. The minimum absolute atomic E-state index is 0.0320. The number of sulfone groups is 1. The number of benzene rings is 2. The number of carboxylic acid groups (broad SMARTS) is 1. The summed E-state index contributed by atoms with van der Waals surface area (Å²) >= 11 is 2.44. The molecule has 0 saturated heterocycles. The van der Waals surface area contributed by atoms with Crippen LogP contribution >= 0.6 is 23.1 Å². The first kappa shape index (κ1) is 31.3. The molecule has 1 atom stereocenters. The number of hydrogen-bond acceptors (Lipinski definition) is 9. The summed E-state index contributed by atoms with van der Waals surface area (Å²) in [5.41, 5.74) is 2.89. The zero-order valence-electron chi connectivity index (χ0n) is 22.8. The summed E-state index contributed by atoms with van der Waals surface area (Å²) in [7, 11) is -4.19. The Balaban J connectivity index is 2.05. The van der Waals surface area contributed by atoms with Gasteiger partial charge in [-0.2, -0.15) is 5.10 Å². The Morgan fingerprint density at radius 3 is 2.48 bits per heavy atom.